The van der Waals surface area contributed by atoms with E-state index in [1.54, 1.807) is 19.2 Å². The molecule has 0 amide bonds. The zero-order chi connectivity index (χ0) is 12.1. The molecule has 2 aromatic rings. The van der Waals surface area contributed by atoms with Crippen molar-refractivity contribution in [1.29, 1.82) is 0 Å². The summed E-state index contributed by atoms with van der Waals surface area (Å²) >= 11 is 0. The van der Waals surface area contributed by atoms with Gasteiger partial charge in [0.2, 0.25) is 0 Å². The molecule has 0 heterocycles. The van der Waals surface area contributed by atoms with Crippen LogP contribution in [0.5, 0.6) is 17.2 Å². The maximum Gasteiger partial charge on any atom is 0.122 e. The van der Waals surface area contributed by atoms with Crippen LogP contribution in [0.4, 0.5) is 0 Å². The molecule has 0 aliphatic heterocycles. The van der Waals surface area contributed by atoms with E-state index in [4.69, 9.17) is 9.47 Å². The molecule has 3 heteroatoms. The fourth-order valence-corrected chi connectivity index (χ4v) is 1.47. The predicted molar refractivity (Wildman–Crippen MR) is 65.4 cm³/mol. The number of hydrogen-bond donors (Lipinski definition) is 1. The Kier molecular flexibility index (Phi) is 3.50. The lowest BCUT2D eigenvalue weighted by Crippen LogP contribution is -1.95. The number of methoxy groups -OCH3 is 1. The Morgan fingerprint density at radius 3 is 2.24 bits per heavy atom. The molecule has 88 valence electrons. The van der Waals surface area contributed by atoms with Crippen molar-refractivity contribution in [2.75, 3.05) is 7.11 Å². The van der Waals surface area contributed by atoms with Crippen molar-refractivity contribution >= 4 is 0 Å². The molecule has 0 bridgehead atoms. The topological polar surface area (TPSA) is 38.7 Å². The van der Waals surface area contributed by atoms with Gasteiger partial charge < -0.3 is 14.6 Å². The standard InChI is InChI=1S/C14H14O3/c1-16-12-6-8-13(9-7-12)17-10-11-4-2-3-5-14(11)15/h2-9,15H,10H2,1H3. The van der Waals surface area contributed by atoms with Gasteiger partial charge in [-0.2, -0.15) is 0 Å². The summed E-state index contributed by atoms with van der Waals surface area (Å²) < 4.78 is 10.6. The van der Waals surface area contributed by atoms with E-state index in [0.717, 1.165) is 17.1 Å². The fourth-order valence-electron chi connectivity index (χ4n) is 1.47. The van der Waals surface area contributed by atoms with E-state index >= 15 is 0 Å². The quantitative estimate of drug-likeness (QED) is 0.877. The third-order valence-electron chi connectivity index (χ3n) is 2.45. The highest BCUT2D eigenvalue weighted by Gasteiger charge is 2.01. The molecule has 0 fully saturated rings. The third-order valence-corrected chi connectivity index (χ3v) is 2.45. The molecule has 0 unspecified atom stereocenters. The van der Waals surface area contributed by atoms with E-state index in [9.17, 15) is 5.11 Å². The van der Waals surface area contributed by atoms with Gasteiger partial charge in [0.15, 0.2) is 0 Å². The molecule has 0 aromatic heterocycles. The largest absolute Gasteiger partial charge is 0.508 e. The van der Waals surface area contributed by atoms with Crippen LogP contribution in [-0.4, -0.2) is 12.2 Å². The van der Waals surface area contributed by atoms with Gasteiger partial charge >= 0.3 is 0 Å². The predicted octanol–water partition coefficient (Wildman–Crippen LogP) is 2.98. The Hall–Kier alpha value is -2.16. The van der Waals surface area contributed by atoms with Crippen LogP contribution in [0.15, 0.2) is 48.5 Å². The molecule has 1 N–H and O–H groups in total. The molecule has 0 spiro atoms. The highest BCUT2D eigenvalue weighted by atomic mass is 16.5. The second-order valence-corrected chi connectivity index (χ2v) is 3.59. The van der Waals surface area contributed by atoms with Gasteiger partial charge in [-0.1, -0.05) is 18.2 Å². The van der Waals surface area contributed by atoms with Crippen molar-refractivity contribution in [1.82, 2.24) is 0 Å². The second kappa shape index (κ2) is 5.25. The summed E-state index contributed by atoms with van der Waals surface area (Å²) in [6, 6.07) is 14.5. The first-order valence-corrected chi connectivity index (χ1v) is 5.33. The number of para-hydroxylation sites is 1. The summed E-state index contributed by atoms with van der Waals surface area (Å²) in [7, 11) is 1.62. The molecule has 0 saturated heterocycles. The molecule has 0 aliphatic carbocycles. The van der Waals surface area contributed by atoms with E-state index in [1.165, 1.54) is 0 Å². The number of aromatic hydroxyl groups is 1. The normalized spacial score (nSPS) is 9.94. The Labute approximate surface area is 100 Å². The van der Waals surface area contributed by atoms with Gasteiger partial charge in [-0.15, -0.1) is 0 Å². The summed E-state index contributed by atoms with van der Waals surface area (Å²) in [5.74, 6) is 1.79. The monoisotopic (exact) mass is 230 g/mol. The van der Waals surface area contributed by atoms with E-state index in [0.29, 0.717) is 6.61 Å². The maximum absolute atomic E-state index is 9.57. The molecule has 2 rings (SSSR count). The van der Waals surface area contributed by atoms with E-state index < -0.39 is 0 Å². The minimum atomic E-state index is 0.251. The summed E-state index contributed by atoms with van der Waals surface area (Å²) in [4.78, 5) is 0. The average molecular weight is 230 g/mol. The van der Waals surface area contributed by atoms with Gasteiger partial charge in [0.1, 0.15) is 23.9 Å². The van der Waals surface area contributed by atoms with Gasteiger partial charge in [-0.3, -0.25) is 0 Å². The highest BCUT2D eigenvalue weighted by Crippen LogP contribution is 2.21. The van der Waals surface area contributed by atoms with Crippen molar-refractivity contribution in [3.05, 3.63) is 54.1 Å². The summed E-state index contributed by atoms with van der Waals surface area (Å²) in [6.07, 6.45) is 0. The van der Waals surface area contributed by atoms with Gasteiger partial charge in [-0.05, 0) is 30.3 Å². The number of hydrogen-bond acceptors (Lipinski definition) is 3. The van der Waals surface area contributed by atoms with E-state index in [1.807, 2.05) is 36.4 Å². The number of benzene rings is 2. The molecule has 0 atom stereocenters. The first kappa shape index (κ1) is 11.3. The Balaban J connectivity index is 2.00. The third kappa shape index (κ3) is 2.91. The fraction of sp³-hybridized carbons (Fsp3) is 0.143. The maximum atomic E-state index is 9.57. The minimum absolute atomic E-state index is 0.251. The van der Waals surface area contributed by atoms with Crippen LogP contribution in [-0.2, 0) is 6.61 Å². The van der Waals surface area contributed by atoms with Gasteiger partial charge in [0.25, 0.3) is 0 Å². The molecule has 3 nitrogen and oxygen atoms in total. The first-order chi connectivity index (χ1) is 8.29. The summed E-state index contributed by atoms with van der Waals surface area (Å²) in [5, 5.41) is 9.57. The zero-order valence-corrected chi connectivity index (χ0v) is 9.59. The molecular formula is C14H14O3. The number of rotatable bonds is 4. The van der Waals surface area contributed by atoms with Crippen LogP contribution >= 0.6 is 0 Å². The number of phenols is 1. The Morgan fingerprint density at radius 2 is 1.59 bits per heavy atom. The van der Waals surface area contributed by atoms with E-state index in [-0.39, 0.29) is 5.75 Å². The van der Waals surface area contributed by atoms with Gasteiger partial charge in [0.05, 0.1) is 7.11 Å². The molecule has 2 aromatic carbocycles. The van der Waals surface area contributed by atoms with Gasteiger partial charge in [0, 0.05) is 5.56 Å². The summed E-state index contributed by atoms with van der Waals surface area (Å²) in [5.41, 5.74) is 0.767. The van der Waals surface area contributed by atoms with Crippen LogP contribution in [0.25, 0.3) is 0 Å². The van der Waals surface area contributed by atoms with Crippen LogP contribution in [0, 0.1) is 0 Å². The smallest absolute Gasteiger partial charge is 0.122 e. The van der Waals surface area contributed by atoms with Crippen molar-refractivity contribution in [2.24, 2.45) is 0 Å². The average Bonchev–Trinajstić information content (AvgIpc) is 2.38. The molecule has 17 heavy (non-hydrogen) atoms. The van der Waals surface area contributed by atoms with Crippen molar-refractivity contribution in [3.8, 4) is 17.2 Å². The lowest BCUT2D eigenvalue weighted by atomic mass is 10.2. The first-order valence-electron chi connectivity index (χ1n) is 5.33. The van der Waals surface area contributed by atoms with Crippen LogP contribution in [0.2, 0.25) is 0 Å². The van der Waals surface area contributed by atoms with Gasteiger partial charge in [-0.25, -0.2) is 0 Å². The number of phenolic OH excluding ortho intramolecular Hbond substituents is 1. The van der Waals surface area contributed by atoms with Crippen molar-refractivity contribution in [2.45, 2.75) is 6.61 Å². The van der Waals surface area contributed by atoms with Crippen molar-refractivity contribution < 1.29 is 14.6 Å². The second-order valence-electron chi connectivity index (χ2n) is 3.59. The molecule has 0 radical (unpaired) electrons. The van der Waals surface area contributed by atoms with Crippen molar-refractivity contribution in [3.63, 3.8) is 0 Å². The SMILES string of the molecule is COc1ccc(OCc2ccccc2O)cc1. The lowest BCUT2D eigenvalue weighted by molar-refractivity contribution is 0.298. The molecular weight excluding hydrogens is 216 g/mol. The molecule has 0 aliphatic rings. The minimum Gasteiger partial charge on any atom is -0.508 e. The Bertz CT molecular complexity index is 477. The molecule has 0 saturated carbocycles. The van der Waals surface area contributed by atoms with Crippen LogP contribution in [0.3, 0.4) is 0 Å². The summed E-state index contributed by atoms with van der Waals surface area (Å²) in [6.45, 7) is 0.346. The van der Waals surface area contributed by atoms with Crippen LogP contribution < -0.4 is 9.47 Å². The van der Waals surface area contributed by atoms with E-state index in [2.05, 4.69) is 0 Å². The van der Waals surface area contributed by atoms with Crippen LogP contribution in [0.1, 0.15) is 5.56 Å². The number of ether oxygens (including phenoxy) is 2. The lowest BCUT2D eigenvalue weighted by Gasteiger charge is -2.08. The zero-order valence-electron chi connectivity index (χ0n) is 9.59. The Morgan fingerprint density at radius 1 is 0.941 bits per heavy atom. The highest BCUT2D eigenvalue weighted by molar-refractivity contribution is 5.33.